The molecule has 20 heavy (non-hydrogen) atoms. The molecule has 1 aromatic heterocycles. The maximum atomic E-state index is 11.8. The number of sulfone groups is 1. The zero-order chi connectivity index (χ0) is 14.8. The molecule has 0 unspecified atom stereocenters. The molecule has 0 saturated heterocycles. The van der Waals surface area contributed by atoms with E-state index in [-0.39, 0.29) is 23.6 Å². The van der Waals surface area contributed by atoms with E-state index in [0.29, 0.717) is 11.1 Å². The van der Waals surface area contributed by atoms with E-state index >= 15 is 0 Å². The fourth-order valence-electron chi connectivity index (χ4n) is 1.95. The van der Waals surface area contributed by atoms with Gasteiger partial charge in [0.1, 0.15) is 0 Å². The lowest BCUT2D eigenvalue weighted by molar-refractivity contribution is 0.281. The predicted molar refractivity (Wildman–Crippen MR) is 75.3 cm³/mol. The molecule has 6 heteroatoms. The van der Waals surface area contributed by atoms with E-state index < -0.39 is 9.84 Å². The zero-order valence-electron chi connectivity index (χ0n) is 11.0. The summed E-state index contributed by atoms with van der Waals surface area (Å²) < 4.78 is 25.1. The SMILES string of the molecule is CS(=O)(=O)c1cc(CO)ccc1Cn1ccccc1=O. The highest BCUT2D eigenvalue weighted by Gasteiger charge is 2.14. The molecule has 5 nitrogen and oxygen atoms in total. The number of aromatic nitrogens is 1. The first-order valence-electron chi connectivity index (χ1n) is 6.00. The van der Waals surface area contributed by atoms with Crippen LogP contribution in [0.3, 0.4) is 0 Å². The van der Waals surface area contributed by atoms with Crippen molar-refractivity contribution in [3.05, 3.63) is 64.1 Å². The highest BCUT2D eigenvalue weighted by molar-refractivity contribution is 7.90. The van der Waals surface area contributed by atoms with Gasteiger partial charge in [0.15, 0.2) is 9.84 Å². The van der Waals surface area contributed by atoms with Crippen molar-refractivity contribution in [3.8, 4) is 0 Å². The van der Waals surface area contributed by atoms with Crippen molar-refractivity contribution in [2.75, 3.05) is 6.26 Å². The van der Waals surface area contributed by atoms with Crippen LogP contribution in [0.25, 0.3) is 0 Å². The van der Waals surface area contributed by atoms with Crippen molar-refractivity contribution >= 4 is 9.84 Å². The fourth-order valence-corrected chi connectivity index (χ4v) is 2.92. The molecule has 0 fully saturated rings. The van der Waals surface area contributed by atoms with Crippen LogP contribution in [0.2, 0.25) is 0 Å². The number of rotatable bonds is 4. The maximum Gasteiger partial charge on any atom is 0.250 e. The number of nitrogens with zero attached hydrogens (tertiary/aromatic N) is 1. The summed E-state index contributed by atoms with van der Waals surface area (Å²) in [5, 5.41) is 9.10. The van der Waals surface area contributed by atoms with Gasteiger partial charge in [-0.1, -0.05) is 18.2 Å². The minimum atomic E-state index is -3.43. The maximum absolute atomic E-state index is 11.8. The van der Waals surface area contributed by atoms with Gasteiger partial charge in [-0.15, -0.1) is 0 Å². The second kappa shape index (κ2) is 5.60. The number of aliphatic hydroxyl groups excluding tert-OH is 1. The van der Waals surface area contributed by atoms with E-state index in [2.05, 4.69) is 0 Å². The lowest BCUT2D eigenvalue weighted by Gasteiger charge is -2.11. The summed E-state index contributed by atoms with van der Waals surface area (Å²) >= 11 is 0. The summed E-state index contributed by atoms with van der Waals surface area (Å²) in [6.45, 7) is -0.0537. The lowest BCUT2D eigenvalue weighted by atomic mass is 10.1. The molecule has 1 aromatic carbocycles. The molecule has 0 aliphatic rings. The van der Waals surface area contributed by atoms with E-state index in [0.717, 1.165) is 6.26 Å². The van der Waals surface area contributed by atoms with E-state index in [1.54, 1.807) is 30.5 Å². The summed E-state index contributed by atoms with van der Waals surface area (Å²) in [5.41, 5.74) is 0.853. The first kappa shape index (κ1) is 14.5. The van der Waals surface area contributed by atoms with Gasteiger partial charge in [0.2, 0.25) is 0 Å². The number of benzene rings is 1. The molecule has 0 atom stereocenters. The molecule has 0 radical (unpaired) electrons. The number of aliphatic hydroxyl groups is 1. The van der Waals surface area contributed by atoms with Gasteiger partial charge >= 0.3 is 0 Å². The summed E-state index contributed by atoms with van der Waals surface area (Å²) in [4.78, 5) is 11.8. The Morgan fingerprint density at radius 3 is 2.55 bits per heavy atom. The third-order valence-electron chi connectivity index (χ3n) is 2.95. The van der Waals surface area contributed by atoms with Crippen molar-refractivity contribution in [2.45, 2.75) is 18.0 Å². The topological polar surface area (TPSA) is 76.4 Å². The third kappa shape index (κ3) is 3.15. The molecule has 0 bridgehead atoms. The lowest BCUT2D eigenvalue weighted by Crippen LogP contribution is -2.19. The van der Waals surface area contributed by atoms with Crippen molar-refractivity contribution in [1.82, 2.24) is 4.57 Å². The van der Waals surface area contributed by atoms with Crippen molar-refractivity contribution in [1.29, 1.82) is 0 Å². The Morgan fingerprint density at radius 1 is 1.20 bits per heavy atom. The zero-order valence-corrected chi connectivity index (χ0v) is 11.8. The van der Waals surface area contributed by atoms with Gasteiger partial charge in [-0.3, -0.25) is 4.79 Å². The van der Waals surface area contributed by atoms with E-state index in [9.17, 15) is 13.2 Å². The van der Waals surface area contributed by atoms with E-state index in [4.69, 9.17) is 5.11 Å². The Hall–Kier alpha value is -1.92. The van der Waals surface area contributed by atoms with Crippen LogP contribution < -0.4 is 5.56 Å². The Balaban J connectivity index is 2.52. The molecule has 2 rings (SSSR count). The summed E-state index contributed by atoms with van der Waals surface area (Å²) in [6.07, 6.45) is 2.72. The number of hydrogen-bond acceptors (Lipinski definition) is 4. The smallest absolute Gasteiger partial charge is 0.250 e. The largest absolute Gasteiger partial charge is 0.392 e. The first-order chi connectivity index (χ1) is 9.41. The minimum Gasteiger partial charge on any atom is -0.392 e. The average Bonchev–Trinajstić information content (AvgIpc) is 2.40. The van der Waals surface area contributed by atoms with Crippen molar-refractivity contribution in [2.24, 2.45) is 0 Å². The number of hydrogen-bond donors (Lipinski definition) is 1. The summed E-state index contributed by atoms with van der Waals surface area (Å²) in [5.74, 6) is 0. The fraction of sp³-hybridized carbons (Fsp3) is 0.214. The number of pyridine rings is 1. The van der Waals surface area contributed by atoms with Gasteiger partial charge in [0, 0.05) is 18.5 Å². The van der Waals surface area contributed by atoms with Gasteiger partial charge in [-0.25, -0.2) is 8.42 Å². The Bertz CT molecular complexity index is 778. The molecule has 106 valence electrons. The van der Waals surface area contributed by atoms with Crippen LogP contribution in [-0.4, -0.2) is 24.3 Å². The highest BCUT2D eigenvalue weighted by Crippen LogP contribution is 2.18. The van der Waals surface area contributed by atoms with Crippen LogP contribution in [0, 0.1) is 0 Å². The Morgan fingerprint density at radius 2 is 1.95 bits per heavy atom. The molecule has 1 N–H and O–H groups in total. The Kier molecular flexibility index (Phi) is 4.06. The molecule has 1 heterocycles. The normalized spacial score (nSPS) is 11.5. The van der Waals surface area contributed by atoms with Crippen molar-refractivity contribution in [3.63, 3.8) is 0 Å². The van der Waals surface area contributed by atoms with E-state index in [1.807, 2.05) is 0 Å². The van der Waals surface area contributed by atoms with Gasteiger partial charge in [0.25, 0.3) is 5.56 Å². The van der Waals surface area contributed by atoms with Gasteiger partial charge in [-0.05, 0) is 23.3 Å². The summed E-state index contributed by atoms with van der Waals surface area (Å²) in [7, 11) is -3.43. The monoisotopic (exact) mass is 293 g/mol. The van der Waals surface area contributed by atoms with Crippen LogP contribution in [-0.2, 0) is 23.0 Å². The summed E-state index contributed by atoms with van der Waals surface area (Å²) in [6, 6.07) is 9.48. The quantitative estimate of drug-likeness (QED) is 0.904. The van der Waals surface area contributed by atoms with Gasteiger partial charge in [-0.2, -0.15) is 0 Å². The minimum absolute atomic E-state index is 0.139. The van der Waals surface area contributed by atoms with Crippen LogP contribution in [0.5, 0.6) is 0 Å². The van der Waals surface area contributed by atoms with Crippen molar-refractivity contribution < 1.29 is 13.5 Å². The molecule has 0 spiro atoms. The molecule has 0 amide bonds. The van der Waals surface area contributed by atoms with Crippen LogP contribution in [0.1, 0.15) is 11.1 Å². The molecule has 2 aromatic rings. The molecular weight excluding hydrogens is 278 g/mol. The van der Waals surface area contributed by atoms with Gasteiger partial charge in [0.05, 0.1) is 18.0 Å². The van der Waals surface area contributed by atoms with E-state index in [1.165, 1.54) is 16.7 Å². The average molecular weight is 293 g/mol. The first-order valence-corrected chi connectivity index (χ1v) is 7.89. The van der Waals surface area contributed by atoms with Gasteiger partial charge < -0.3 is 9.67 Å². The predicted octanol–water partition coefficient (Wildman–Crippen LogP) is 0.792. The molecule has 0 aliphatic heterocycles. The standard InChI is InChI=1S/C14H15NO4S/c1-20(18,19)13-8-11(10-16)5-6-12(13)9-15-7-3-2-4-14(15)17/h2-8,16H,9-10H2,1H3. The second-order valence-corrected chi connectivity index (χ2v) is 6.52. The molecule has 0 saturated carbocycles. The second-order valence-electron chi connectivity index (χ2n) is 4.54. The highest BCUT2D eigenvalue weighted by atomic mass is 32.2. The van der Waals surface area contributed by atoms with Crippen LogP contribution in [0.15, 0.2) is 52.3 Å². The molecule has 0 aliphatic carbocycles. The van der Waals surface area contributed by atoms with Crippen LogP contribution in [0.4, 0.5) is 0 Å². The van der Waals surface area contributed by atoms with Crippen LogP contribution >= 0.6 is 0 Å². The molecular formula is C14H15NO4S. The third-order valence-corrected chi connectivity index (χ3v) is 4.13. The Labute approximate surface area is 117 Å².